The summed E-state index contributed by atoms with van der Waals surface area (Å²) < 4.78 is 21.6. The molecule has 398 valence electrons. The van der Waals surface area contributed by atoms with Crippen molar-refractivity contribution in [2.45, 2.75) is 168 Å². The molecule has 0 amide bonds. The maximum Gasteiger partial charge on any atom is 0.135 e. The molecule has 6 aliphatic carbocycles. The predicted molar refractivity (Wildman–Crippen MR) is 325 cm³/mol. The average Bonchev–Trinajstić information content (AvgIpc) is 3.33. The largest absolute Gasteiger partial charge is 0.493 e. The van der Waals surface area contributed by atoms with Gasteiger partial charge in [0.15, 0.2) is 0 Å². The molecule has 0 radical (unpaired) electrons. The monoisotopic (exact) mass is 1030 g/mol. The molecule has 8 aromatic rings. The van der Waals surface area contributed by atoms with Crippen LogP contribution in [0.4, 0.5) is 0 Å². The van der Waals surface area contributed by atoms with Crippen LogP contribution in [0.15, 0.2) is 121 Å². The minimum Gasteiger partial charge on any atom is -0.493 e. The van der Waals surface area contributed by atoms with Crippen molar-refractivity contribution in [2.24, 2.45) is 0 Å². The highest BCUT2D eigenvalue weighted by molar-refractivity contribution is 6.09. The lowest BCUT2D eigenvalue weighted by atomic mass is 9.55. The Morgan fingerprint density at radius 1 is 0.346 bits per heavy atom. The molecule has 0 aromatic heterocycles. The van der Waals surface area contributed by atoms with E-state index in [1.54, 1.807) is 0 Å². The van der Waals surface area contributed by atoms with E-state index in [2.05, 4.69) is 175 Å². The van der Waals surface area contributed by atoms with Crippen molar-refractivity contribution in [2.75, 3.05) is 19.8 Å². The Morgan fingerprint density at radius 3 is 1.21 bits per heavy atom. The third-order valence-electron chi connectivity index (χ3n) is 18.3. The normalized spacial score (nSPS) is 16.7. The number of unbranched alkanes of at least 4 members (excludes halogenated alkanes) is 13. The Bertz CT molecular complexity index is 3550. The first-order valence-electron chi connectivity index (χ1n) is 30.4. The van der Waals surface area contributed by atoms with Crippen molar-refractivity contribution in [3.05, 3.63) is 216 Å². The van der Waals surface area contributed by atoms with Crippen LogP contribution in [-0.4, -0.2) is 19.8 Å². The molecule has 78 heavy (non-hydrogen) atoms. The van der Waals surface area contributed by atoms with Gasteiger partial charge in [-0.3, -0.25) is 0 Å². The summed E-state index contributed by atoms with van der Waals surface area (Å²) in [5.41, 5.74) is 22.2. The number of hydrogen-bond donors (Lipinski definition) is 0. The maximum absolute atomic E-state index is 7.48. The standard InChI is InChI=1S/C75H80O3/c1-7-10-13-14-15-16-17-18-19-20-21-30-43-76-65-45-49(5)48(4)44-51(65)39-40-54-53-32-23-22-31-52(53)50(6)61-46-63-64(47-62(54)61)69-60-38-29-28-37-59(60)68(63)72-73(69)75(78-42-12-9-3)71-67-57-35-26-24-33-55(57)66(56-34-25-27-36-58(56)67)70(71)74(72)77-41-11-8-2/h22-29,31-38,44-47,66-69H,7-21,30,41-43H2,1-6H3. The summed E-state index contributed by atoms with van der Waals surface area (Å²) in [6.07, 6.45) is 20.0. The summed E-state index contributed by atoms with van der Waals surface area (Å²) in [7, 11) is 0. The van der Waals surface area contributed by atoms with Crippen LogP contribution < -0.4 is 14.2 Å². The fourth-order valence-corrected chi connectivity index (χ4v) is 14.3. The highest BCUT2D eigenvalue weighted by Crippen LogP contribution is 2.68. The first kappa shape index (κ1) is 52.0. The van der Waals surface area contributed by atoms with Crippen LogP contribution in [0, 0.1) is 32.6 Å². The Hall–Kier alpha value is -6.76. The first-order valence-corrected chi connectivity index (χ1v) is 30.4. The summed E-state index contributed by atoms with van der Waals surface area (Å²) in [5.74, 6) is 10.7. The minimum atomic E-state index is -0.0605. The van der Waals surface area contributed by atoms with Gasteiger partial charge in [0, 0.05) is 51.5 Å². The SMILES string of the molecule is CCCCCCCCCCCCCCOc1cc(C)c(C)cc1C#Cc1c2ccccc2c(C)c2cc3c(cc12)C1c2ccccc2C3c2c(OCCCC)c3c(c(OCCCC)c21)C1c2ccccc2C3c2ccccc21. The lowest BCUT2D eigenvalue weighted by Crippen LogP contribution is -2.34. The topological polar surface area (TPSA) is 27.7 Å². The number of rotatable bonds is 22. The molecule has 0 saturated carbocycles. The van der Waals surface area contributed by atoms with Gasteiger partial charge in [0.2, 0.25) is 0 Å². The molecule has 4 bridgehead atoms. The fourth-order valence-electron chi connectivity index (χ4n) is 14.3. The van der Waals surface area contributed by atoms with Crippen LogP contribution >= 0.6 is 0 Å². The second-order valence-corrected chi connectivity index (χ2v) is 23.3. The molecule has 0 heterocycles. The number of fused-ring (bicyclic) bond motifs is 2. The van der Waals surface area contributed by atoms with Crippen molar-refractivity contribution >= 4 is 21.5 Å². The predicted octanol–water partition coefficient (Wildman–Crippen LogP) is 19.7. The average molecular weight is 1030 g/mol. The van der Waals surface area contributed by atoms with Gasteiger partial charge < -0.3 is 14.2 Å². The van der Waals surface area contributed by atoms with Crippen LogP contribution in [0.2, 0.25) is 0 Å². The zero-order valence-electron chi connectivity index (χ0n) is 47.5. The van der Waals surface area contributed by atoms with E-state index in [0.717, 1.165) is 60.5 Å². The summed E-state index contributed by atoms with van der Waals surface area (Å²) in [6.45, 7) is 15.6. The molecule has 0 aliphatic heterocycles. The van der Waals surface area contributed by atoms with Gasteiger partial charge in [-0.15, -0.1) is 0 Å². The van der Waals surface area contributed by atoms with Crippen LogP contribution in [0.1, 0.15) is 242 Å². The molecular weight excluding hydrogens is 949 g/mol. The van der Waals surface area contributed by atoms with Crippen LogP contribution in [0.5, 0.6) is 17.2 Å². The molecule has 3 heteroatoms. The molecule has 2 unspecified atom stereocenters. The molecule has 14 rings (SSSR count). The van der Waals surface area contributed by atoms with Gasteiger partial charge in [0.05, 0.1) is 25.4 Å². The zero-order valence-corrected chi connectivity index (χ0v) is 47.5. The Balaban J connectivity index is 0.979. The van der Waals surface area contributed by atoms with Crippen LogP contribution in [-0.2, 0) is 0 Å². The van der Waals surface area contributed by atoms with Crippen molar-refractivity contribution < 1.29 is 14.2 Å². The smallest absolute Gasteiger partial charge is 0.135 e. The molecule has 0 saturated heterocycles. The van der Waals surface area contributed by atoms with Crippen molar-refractivity contribution in [3.8, 4) is 29.1 Å². The fraction of sp³-hybridized carbons (Fsp3) is 0.387. The van der Waals surface area contributed by atoms with Crippen molar-refractivity contribution in [3.63, 3.8) is 0 Å². The second-order valence-electron chi connectivity index (χ2n) is 23.3. The summed E-state index contributed by atoms with van der Waals surface area (Å²) >= 11 is 0. The van der Waals surface area contributed by atoms with Gasteiger partial charge >= 0.3 is 0 Å². The number of hydrogen-bond acceptors (Lipinski definition) is 3. The highest BCUT2D eigenvalue weighted by atomic mass is 16.5. The van der Waals surface area contributed by atoms with Gasteiger partial charge in [0.25, 0.3) is 0 Å². The number of benzene rings is 8. The van der Waals surface area contributed by atoms with E-state index >= 15 is 0 Å². The quantitative estimate of drug-likeness (QED) is 0.0385. The van der Waals surface area contributed by atoms with Gasteiger partial charge in [-0.2, -0.15) is 0 Å². The number of ether oxygens (including phenoxy) is 3. The lowest BCUT2D eigenvalue weighted by molar-refractivity contribution is 0.285. The van der Waals surface area contributed by atoms with Gasteiger partial charge in [-0.25, -0.2) is 0 Å². The minimum absolute atomic E-state index is 0.0391. The molecule has 8 aromatic carbocycles. The van der Waals surface area contributed by atoms with E-state index in [9.17, 15) is 0 Å². The summed E-state index contributed by atoms with van der Waals surface area (Å²) in [4.78, 5) is 0. The van der Waals surface area contributed by atoms with E-state index in [1.165, 1.54) is 176 Å². The summed E-state index contributed by atoms with van der Waals surface area (Å²) in [5, 5.41) is 4.91. The Morgan fingerprint density at radius 2 is 0.731 bits per heavy atom. The molecule has 3 nitrogen and oxygen atoms in total. The lowest BCUT2D eigenvalue weighted by Gasteiger charge is -2.49. The van der Waals surface area contributed by atoms with E-state index in [-0.39, 0.29) is 23.7 Å². The van der Waals surface area contributed by atoms with Crippen LogP contribution in [0.3, 0.4) is 0 Å². The first-order chi connectivity index (χ1) is 38.4. The Kier molecular flexibility index (Phi) is 15.3. The van der Waals surface area contributed by atoms with Crippen LogP contribution in [0.25, 0.3) is 21.5 Å². The third-order valence-corrected chi connectivity index (χ3v) is 18.3. The van der Waals surface area contributed by atoms with Crippen molar-refractivity contribution in [1.29, 1.82) is 0 Å². The van der Waals surface area contributed by atoms with E-state index in [4.69, 9.17) is 14.2 Å². The van der Waals surface area contributed by atoms with Crippen molar-refractivity contribution in [1.82, 2.24) is 0 Å². The molecule has 0 spiro atoms. The summed E-state index contributed by atoms with van der Waals surface area (Å²) in [6, 6.07) is 46.3. The number of aryl methyl sites for hydroxylation is 3. The molecule has 6 aliphatic rings. The third kappa shape index (κ3) is 9.20. The molecule has 2 atom stereocenters. The zero-order chi connectivity index (χ0) is 53.3. The van der Waals surface area contributed by atoms with E-state index < -0.39 is 0 Å². The molecule has 0 fully saturated rings. The Labute approximate surface area is 466 Å². The molecular formula is C75H80O3. The van der Waals surface area contributed by atoms with Gasteiger partial charge in [0.1, 0.15) is 17.2 Å². The highest BCUT2D eigenvalue weighted by Gasteiger charge is 2.52. The van der Waals surface area contributed by atoms with Gasteiger partial charge in [-0.1, -0.05) is 213 Å². The second kappa shape index (κ2) is 22.9. The van der Waals surface area contributed by atoms with Gasteiger partial charge in [-0.05, 0) is 147 Å². The maximum atomic E-state index is 7.48. The van der Waals surface area contributed by atoms with E-state index in [0.29, 0.717) is 19.8 Å². The van der Waals surface area contributed by atoms with E-state index in [1.807, 2.05) is 0 Å². The molecule has 0 N–H and O–H groups in total.